The smallest absolute Gasteiger partial charge is 0.328 e. The van der Waals surface area contributed by atoms with E-state index in [9.17, 15) is 14.4 Å². The van der Waals surface area contributed by atoms with Gasteiger partial charge in [0.05, 0.1) is 22.7 Å². The van der Waals surface area contributed by atoms with E-state index >= 15 is 0 Å². The van der Waals surface area contributed by atoms with Crippen LogP contribution in [0.2, 0.25) is 10.0 Å². The summed E-state index contributed by atoms with van der Waals surface area (Å²) in [6.07, 6.45) is 2.52. The summed E-state index contributed by atoms with van der Waals surface area (Å²) >= 11 is 12.9. The maximum atomic E-state index is 13.1. The first-order valence-electron chi connectivity index (χ1n) is 12.8. The van der Waals surface area contributed by atoms with Crippen LogP contribution < -0.4 is 16.0 Å². The Hall–Kier alpha value is -3.55. The minimum Gasteiger partial charge on any atom is -0.467 e. The van der Waals surface area contributed by atoms with Crippen molar-refractivity contribution in [1.82, 2.24) is 5.32 Å². The quantitative estimate of drug-likeness (QED) is 0.240. The maximum absolute atomic E-state index is 13.1. The Morgan fingerprint density at radius 2 is 1.72 bits per heavy atom. The average molecular weight is 569 g/mol. The van der Waals surface area contributed by atoms with Crippen LogP contribution in [0.25, 0.3) is 11.1 Å². The van der Waals surface area contributed by atoms with Gasteiger partial charge in [-0.3, -0.25) is 9.59 Å². The third-order valence-corrected chi connectivity index (χ3v) is 7.46. The van der Waals surface area contributed by atoms with Crippen LogP contribution in [0, 0.1) is 0 Å². The van der Waals surface area contributed by atoms with Gasteiger partial charge in [0.15, 0.2) is 0 Å². The molecule has 204 valence electrons. The summed E-state index contributed by atoms with van der Waals surface area (Å²) in [6, 6.07) is 17.7. The van der Waals surface area contributed by atoms with Gasteiger partial charge in [-0.2, -0.15) is 0 Å². The van der Waals surface area contributed by atoms with Crippen LogP contribution in [0.1, 0.15) is 41.6 Å². The van der Waals surface area contributed by atoms with Crippen molar-refractivity contribution in [1.29, 1.82) is 0 Å². The average Bonchev–Trinajstić information content (AvgIpc) is 2.93. The molecule has 1 aliphatic rings. The van der Waals surface area contributed by atoms with E-state index in [1.165, 1.54) is 12.7 Å². The third-order valence-electron chi connectivity index (χ3n) is 6.86. The first-order chi connectivity index (χ1) is 18.8. The van der Waals surface area contributed by atoms with Gasteiger partial charge in [-0.25, -0.2) is 4.79 Å². The lowest BCUT2D eigenvalue weighted by atomic mass is 10.00. The second-order valence-corrected chi connectivity index (χ2v) is 10.4. The molecule has 0 aliphatic carbocycles. The Morgan fingerprint density at radius 1 is 1.00 bits per heavy atom. The van der Waals surface area contributed by atoms with Crippen LogP contribution in [-0.2, 0) is 20.7 Å². The van der Waals surface area contributed by atoms with Gasteiger partial charge in [0.1, 0.15) is 11.8 Å². The first kappa shape index (κ1) is 28.5. The van der Waals surface area contributed by atoms with Gasteiger partial charge in [0.2, 0.25) is 0 Å². The summed E-state index contributed by atoms with van der Waals surface area (Å²) in [5, 5.41) is 2.95. The van der Waals surface area contributed by atoms with E-state index in [1.54, 1.807) is 12.1 Å². The molecule has 0 aromatic heterocycles. The largest absolute Gasteiger partial charge is 0.467 e. The van der Waals surface area contributed by atoms with Crippen molar-refractivity contribution in [3.8, 4) is 11.1 Å². The number of Topliss-reactive ketones (excluding diaryl/α,β-unsaturated/α-hetero) is 1. The van der Waals surface area contributed by atoms with Crippen molar-refractivity contribution in [3.63, 3.8) is 0 Å². The van der Waals surface area contributed by atoms with Gasteiger partial charge in [-0.15, -0.1) is 0 Å². The lowest BCUT2D eigenvalue weighted by molar-refractivity contribution is -0.143. The molecule has 1 heterocycles. The molecule has 0 saturated carbocycles. The van der Waals surface area contributed by atoms with Crippen molar-refractivity contribution in [2.75, 3.05) is 30.8 Å². The Morgan fingerprint density at radius 3 is 2.41 bits per heavy atom. The molecule has 3 N–H and O–H groups in total. The third kappa shape index (κ3) is 7.11. The van der Waals surface area contributed by atoms with E-state index in [2.05, 4.69) is 10.2 Å². The summed E-state index contributed by atoms with van der Waals surface area (Å²) in [6.45, 7) is 1.42. The van der Waals surface area contributed by atoms with Gasteiger partial charge in [0.25, 0.3) is 5.91 Å². The molecule has 7 nitrogen and oxygen atoms in total. The van der Waals surface area contributed by atoms with Crippen LogP contribution in [0.15, 0.2) is 60.7 Å². The second-order valence-electron chi connectivity index (χ2n) is 9.54. The number of nitrogen functional groups attached to an aromatic ring is 1. The van der Waals surface area contributed by atoms with Gasteiger partial charge < -0.3 is 20.7 Å². The highest BCUT2D eigenvalue weighted by Crippen LogP contribution is 2.32. The molecule has 9 heteroatoms. The number of esters is 1. The monoisotopic (exact) mass is 567 g/mol. The highest BCUT2D eigenvalue weighted by atomic mass is 35.5. The molecule has 0 fully saturated rings. The Kier molecular flexibility index (Phi) is 9.49. The number of ether oxygens (including phenoxy) is 1. The number of carbonyl (C=O) groups is 3. The number of carbonyl (C=O) groups excluding carboxylic acids is 3. The highest BCUT2D eigenvalue weighted by molar-refractivity contribution is 6.40. The number of amides is 1. The minimum absolute atomic E-state index is 0.0162. The fourth-order valence-electron chi connectivity index (χ4n) is 4.80. The molecular weight excluding hydrogens is 537 g/mol. The molecule has 0 saturated heterocycles. The summed E-state index contributed by atoms with van der Waals surface area (Å²) in [5.41, 5.74) is 10.7. The van der Waals surface area contributed by atoms with Crippen LogP contribution in [0.3, 0.4) is 0 Å². The molecule has 1 atom stereocenters. The van der Waals surface area contributed by atoms with Crippen LogP contribution in [0.4, 0.5) is 11.4 Å². The normalized spacial score (nSPS) is 13.4. The van der Waals surface area contributed by atoms with Crippen molar-refractivity contribution in [2.24, 2.45) is 0 Å². The second kappa shape index (κ2) is 13.0. The molecule has 3 aromatic carbocycles. The summed E-state index contributed by atoms with van der Waals surface area (Å²) < 4.78 is 4.87. The minimum atomic E-state index is -1.03. The number of halogens is 2. The van der Waals surface area contributed by atoms with Gasteiger partial charge in [-0.1, -0.05) is 59.6 Å². The van der Waals surface area contributed by atoms with Gasteiger partial charge >= 0.3 is 5.97 Å². The number of rotatable bonds is 10. The molecule has 0 spiro atoms. The van der Waals surface area contributed by atoms with E-state index in [1.807, 2.05) is 48.5 Å². The Balaban J connectivity index is 1.37. The van der Waals surface area contributed by atoms with Crippen LogP contribution in [-0.4, -0.2) is 43.9 Å². The molecule has 0 bridgehead atoms. The zero-order valence-corrected chi connectivity index (χ0v) is 23.2. The number of nitrogens with two attached hydrogens (primary N) is 1. The van der Waals surface area contributed by atoms with E-state index < -0.39 is 17.9 Å². The Labute approximate surface area is 238 Å². The molecular formula is C30H31Cl2N3O4. The number of hydrogen-bond donors (Lipinski definition) is 2. The highest BCUT2D eigenvalue weighted by Gasteiger charge is 2.26. The van der Waals surface area contributed by atoms with E-state index in [4.69, 9.17) is 33.7 Å². The fourth-order valence-corrected chi connectivity index (χ4v) is 5.46. The number of benzene rings is 3. The lowest BCUT2D eigenvalue weighted by Crippen LogP contribution is -2.42. The molecule has 1 amide bonds. The molecule has 3 aromatic rings. The molecule has 0 unspecified atom stereocenters. The number of fused-ring (bicyclic) bond motifs is 1. The molecule has 0 radical (unpaired) electrons. The van der Waals surface area contributed by atoms with Crippen LogP contribution >= 0.6 is 23.2 Å². The lowest BCUT2D eigenvalue weighted by Gasteiger charge is -2.31. The molecule has 4 rings (SSSR count). The van der Waals surface area contributed by atoms with E-state index in [0.29, 0.717) is 18.7 Å². The van der Waals surface area contributed by atoms with Crippen LogP contribution in [0.5, 0.6) is 0 Å². The van der Waals surface area contributed by atoms with E-state index in [0.717, 1.165) is 36.2 Å². The number of nitrogens with zero attached hydrogens (tertiary/aromatic N) is 1. The zero-order valence-electron chi connectivity index (χ0n) is 21.7. The number of aryl methyl sites for hydroxylation is 1. The topological polar surface area (TPSA) is 102 Å². The van der Waals surface area contributed by atoms with Crippen molar-refractivity contribution in [2.45, 2.75) is 38.1 Å². The standard InChI is InChI=1S/C30H31Cl2N3O4/c1-39-30(38)26(12-11-23(36)13-15-35-14-5-8-20-9-10-22(33)18-27(20)35)34-29(37)28-24(31)16-21(17-25(28)32)19-6-3-2-4-7-19/h2-4,6-7,9-10,16-18,26H,5,8,11-15,33H2,1H3,(H,34,37)/t26-/m0/s1. The maximum Gasteiger partial charge on any atom is 0.328 e. The Bertz CT molecular complexity index is 1340. The first-order valence-corrected chi connectivity index (χ1v) is 13.6. The summed E-state index contributed by atoms with van der Waals surface area (Å²) in [5.74, 6) is -1.28. The zero-order chi connectivity index (χ0) is 27.9. The fraction of sp³-hybridized carbons (Fsp3) is 0.300. The number of anilines is 2. The van der Waals surface area contributed by atoms with E-state index in [-0.39, 0.29) is 34.2 Å². The number of ketones is 1. The molecule has 39 heavy (non-hydrogen) atoms. The van der Waals surface area contributed by atoms with Crippen molar-refractivity contribution in [3.05, 3.63) is 81.8 Å². The number of hydrogen-bond acceptors (Lipinski definition) is 6. The van der Waals surface area contributed by atoms with Gasteiger partial charge in [0, 0.05) is 37.3 Å². The summed E-state index contributed by atoms with van der Waals surface area (Å²) in [7, 11) is 1.23. The SMILES string of the molecule is COC(=O)[C@H](CCC(=O)CCN1CCCc2ccc(N)cc21)NC(=O)c1c(Cl)cc(-c2ccccc2)cc1Cl. The predicted molar refractivity (Wildman–Crippen MR) is 155 cm³/mol. The number of methoxy groups -OCH3 is 1. The van der Waals surface area contributed by atoms with Gasteiger partial charge in [-0.05, 0) is 60.2 Å². The number of nitrogens with one attached hydrogen (secondary N) is 1. The predicted octanol–water partition coefficient (Wildman–Crippen LogP) is 5.71. The van der Waals surface area contributed by atoms with Crippen molar-refractivity contribution >= 4 is 52.2 Å². The summed E-state index contributed by atoms with van der Waals surface area (Å²) in [4.78, 5) is 40.5. The van der Waals surface area contributed by atoms with Crippen molar-refractivity contribution < 1.29 is 19.1 Å². The molecule has 1 aliphatic heterocycles.